The summed E-state index contributed by atoms with van der Waals surface area (Å²) in [4.78, 5) is 12.2. The Balaban J connectivity index is 2.65. The minimum atomic E-state index is -0.423. The number of nitrogens with one attached hydrogen (secondary N) is 1. The van der Waals surface area contributed by atoms with Crippen LogP contribution in [0.1, 0.15) is 39.0 Å². The van der Waals surface area contributed by atoms with Gasteiger partial charge in [0.25, 0.3) is 0 Å². The first-order chi connectivity index (χ1) is 8.04. The molecule has 0 radical (unpaired) electrons. The van der Waals surface area contributed by atoms with Gasteiger partial charge in [-0.05, 0) is 37.9 Å². The van der Waals surface area contributed by atoms with E-state index in [4.69, 9.17) is 18.0 Å². The van der Waals surface area contributed by atoms with E-state index in [1.54, 1.807) is 0 Å². The van der Waals surface area contributed by atoms with Crippen molar-refractivity contribution in [2.45, 2.75) is 44.6 Å². The zero-order valence-electron chi connectivity index (χ0n) is 10.6. The Hall–Kier alpha value is -0.290. The van der Waals surface area contributed by atoms with Gasteiger partial charge in [-0.3, -0.25) is 4.79 Å². The number of hydrogen-bond donors (Lipinski definition) is 2. The van der Waals surface area contributed by atoms with Crippen molar-refractivity contribution in [1.29, 1.82) is 0 Å². The summed E-state index contributed by atoms with van der Waals surface area (Å²) in [5, 5.41) is 3.05. The van der Waals surface area contributed by atoms with E-state index < -0.39 is 5.54 Å². The van der Waals surface area contributed by atoms with Crippen LogP contribution in [0.5, 0.6) is 0 Å². The monoisotopic (exact) mass is 274 g/mol. The van der Waals surface area contributed by atoms with Crippen LogP contribution in [-0.2, 0) is 4.79 Å². The molecule has 0 aromatic carbocycles. The summed E-state index contributed by atoms with van der Waals surface area (Å²) in [5.41, 5.74) is 5.42. The fourth-order valence-corrected chi connectivity index (χ4v) is 3.04. The second-order valence-corrected chi connectivity index (χ2v) is 6.09. The zero-order valence-corrected chi connectivity index (χ0v) is 12.3. The average molecular weight is 274 g/mol. The van der Waals surface area contributed by atoms with Crippen LogP contribution in [0.25, 0.3) is 0 Å². The quantitative estimate of drug-likeness (QED) is 0.754. The summed E-state index contributed by atoms with van der Waals surface area (Å²) in [6, 6.07) is 0. The van der Waals surface area contributed by atoms with Crippen LogP contribution in [0.2, 0.25) is 0 Å². The van der Waals surface area contributed by atoms with Gasteiger partial charge >= 0.3 is 0 Å². The van der Waals surface area contributed by atoms with Gasteiger partial charge in [-0.1, -0.05) is 25.6 Å². The van der Waals surface area contributed by atoms with Crippen LogP contribution < -0.4 is 11.1 Å². The van der Waals surface area contributed by atoms with Gasteiger partial charge in [0.15, 0.2) is 0 Å². The zero-order chi connectivity index (χ0) is 12.9. The van der Waals surface area contributed by atoms with Crippen molar-refractivity contribution >= 4 is 34.9 Å². The van der Waals surface area contributed by atoms with Crippen LogP contribution in [-0.4, -0.2) is 28.4 Å². The lowest BCUT2D eigenvalue weighted by molar-refractivity contribution is -0.120. The molecular weight excluding hydrogens is 252 g/mol. The molecule has 1 fully saturated rings. The van der Waals surface area contributed by atoms with Crippen LogP contribution >= 0.6 is 24.0 Å². The average Bonchev–Trinajstić information content (AvgIpc) is 2.30. The Morgan fingerprint density at radius 1 is 1.53 bits per heavy atom. The van der Waals surface area contributed by atoms with Gasteiger partial charge in [-0.2, -0.15) is 11.8 Å². The SMILES string of the molecule is CCC1CCC(NC(=O)CSC)(C(N)=S)CC1. The molecule has 17 heavy (non-hydrogen) atoms. The fourth-order valence-electron chi connectivity index (χ4n) is 2.45. The molecule has 0 heterocycles. The summed E-state index contributed by atoms with van der Waals surface area (Å²) >= 11 is 6.68. The maximum absolute atomic E-state index is 11.7. The lowest BCUT2D eigenvalue weighted by Gasteiger charge is -2.40. The van der Waals surface area contributed by atoms with E-state index in [-0.39, 0.29) is 5.91 Å². The number of nitrogens with two attached hydrogens (primary N) is 1. The molecule has 0 spiro atoms. The molecule has 1 saturated carbocycles. The second kappa shape index (κ2) is 6.59. The first-order valence-corrected chi connectivity index (χ1v) is 7.94. The van der Waals surface area contributed by atoms with Crippen molar-refractivity contribution in [2.24, 2.45) is 11.7 Å². The Kier molecular flexibility index (Phi) is 5.73. The third kappa shape index (κ3) is 3.85. The highest BCUT2D eigenvalue weighted by atomic mass is 32.2. The number of thioether (sulfide) groups is 1. The highest BCUT2D eigenvalue weighted by Gasteiger charge is 2.38. The number of rotatable bonds is 5. The van der Waals surface area contributed by atoms with Crippen molar-refractivity contribution in [3.8, 4) is 0 Å². The van der Waals surface area contributed by atoms with E-state index in [2.05, 4.69) is 12.2 Å². The highest BCUT2D eigenvalue weighted by molar-refractivity contribution is 7.99. The van der Waals surface area contributed by atoms with Crippen LogP contribution in [0.3, 0.4) is 0 Å². The smallest absolute Gasteiger partial charge is 0.230 e. The molecule has 98 valence electrons. The standard InChI is InChI=1S/C12H22N2OS2/c1-3-9-4-6-12(7-5-9,11(13)16)14-10(15)8-17-2/h9H,3-8H2,1-2H3,(H2,13,16)(H,14,15). The summed E-state index contributed by atoms with van der Waals surface area (Å²) < 4.78 is 0. The molecule has 0 unspecified atom stereocenters. The number of thiocarbonyl (C=S) groups is 1. The number of carbonyl (C=O) groups is 1. The third-order valence-corrected chi connectivity index (χ3v) is 4.60. The molecule has 1 aliphatic carbocycles. The number of amides is 1. The predicted octanol–water partition coefficient (Wildman–Crippen LogP) is 2.09. The number of hydrogen-bond acceptors (Lipinski definition) is 3. The lowest BCUT2D eigenvalue weighted by atomic mass is 9.75. The largest absolute Gasteiger partial charge is 0.391 e. The fraction of sp³-hybridized carbons (Fsp3) is 0.833. The summed E-state index contributed by atoms with van der Waals surface area (Å²) in [5.74, 6) is 1.27. The van der Waals surface area contributed by atoms with E-state index in [9.17, 15) is 4.79 Å². The van der Waals surface area contributed by atoms with Crippen molar-refractivity contribution in [1.82, 2.24) is 5.32 Å². The van der Waals surface area contributed by atoms with E-state index in [1.807, 2.05) is 6.26 Å². The van der Waals surface area contributed by atoms with Gasteiger partial charge in [0, 0.05) is 0 Å². The van der Waals surface area contributed by atoms with Crippen LogP contribution in [0, 0.1) is 5.92 Å². The number of carbonyl (C=O) groups excluding carboxylic acids is 1. The summed E-state index contributed by atoms with van der Waals surface area (Å²) in [7, 11) is 0. The molecule has 5 heteroatoms. The lowest BCUT2D eigenvalue weighted by Crippen LogP contribution is -2.58. The molecule has 0 aromatic heterocycles. The molecule has 0 atom stereocenters. The minimum absolute atomic E-state index is 0.0419. The topological polar surface area (TPSA) is 55.1 Å². The Labute approximate surface area is 113 Å². The Morgan fingerprint density at radius 3 is 2.53 bits per heavy atom. The summed E-state index contributed by atoms with van der Waals surface area (Å²) in [6.07, 6.45) is 7.11. The first-order valence-electron chi connectivity index (χ1n) is 6.14. The summed E-state index contributed by atoms with van der Waals surface area (Å²) in [6.45, 7) is 2.21. The van der Waals surface area contributed by atoms with Gasteiger partial charge in [0.2, 0.25) is 5.91 Å². The third-order valence-electron chi connectivity index (χ3n) is 3.66. The molecule has 0 aliphatic heterocycles. The Bertz CT molecular complexity index is 286. The van der Waals surface area contributed by atoms with E-state index >= 15 is 0 Å². The van der Waals surface area contributed by atoms with Crippen LogP contribution in [0.4, 0.5) is 0 Å². The van der Waals surface area contributed by atoms with Gasteiger partial charge < -0.3 is 11.1 Å². The highest BCUT2D eigenvalue weighted by Crippen LogP contribution is 2.34. The normalized spacial score (nSPS) is 28.7. The van der Waals surface area contributed by atoms with Gasteiger partial charge in [-0.25, -0.2) is 0 Å². The van der Waals surface area contributed by atoms with E-state index in [1.165, 1.54) is 18.2 Å². The van der Waals surface area contributed by atoms with E-state index in [0.29, 0.717) is 10.7 Å². The van der Waals surface area contributed by atoms with Crippen molar-refractivity contribution in [2.75, 3.05) is 12.0 Å². The molecule has 0 saturated heterocycles. The maximum Gasteiger partial charge on any atom is 0.230 e. The van der Waals surface area contributed by atoms with Crippen molar-refractivity contribution < 1.29 is 4.79 Å². The molecule has 1 amide bonds. The maximum atomic E-state index is 11.7. The molecular formula is C12H22N2OS2. The molecule has 3 nitrogen and oxygen atoms in total. The van der Waals surface area contributed by atoms with Gasteiger partial charge in [0.05, 0.1) is 16.3 Å². The Morgan fingerprint density at radius 2 is 2.12 bits per heavy atom. The first kappa shape index (κ1) is 14.8. The molecule has 0 aromatic rings. The molecule has 1 rings (SSSR count). The van der Waals surface area contributed by atoms with Gasteiger partial charge in [-0.15, -0.1) is 0 Å². The van der Waals surface area contributed by atoms with Crippen molar-refractivity contribution in [3.63, 3.8) is 0 Å². The van der Waals surface area contributed by atoms with Crippen molar-refractivity contribution in [3.05, 3.63) is 0 Å². The second-order valence-electron chi connectivity index (χ2n) is 4.78. The molecule has 0 bridgehead atoms. The molecule has 3 N–H and O–H groups in total. The molecule has 1 aliphatic rings. The van der Waals surface area contributed by atoms with Gasteiger partial charge in [0.1, 0.15) is 0 Å². The minimum Gasteiger partial charge on any atom is -0.391 e. The predicted molar refractivity (Wildman–Crippen MR) is 78.3 cm³/mol. The van der Waals surface area contributed by atoms with E-state index in [0.717, 1.165) is 31.6 Å². The van der Waals surface area contributed by atoms with Crippen LogP contribution in [0.15, 0.2) is 0 Å².